The van der Waals surface area contributed by atoms with E-state index in [1.807, 2.05) is 18.2 Å². The van der Waals surface area contributed by atoms with Crippen molar-refractivity contribution in [1.82, 2.24) is 4.90 Å². The van der Waals surface area contributed by atoms with Crippen LogP contribution in [0.4, 0.5) is 5.69 Å². The van der Waals surface area contributed by atoms with Crippen LogP contribution in [0, 0.1) is 0 Å². The zero-order valence-corrected chi connectivity index (χ0v) is 14.9. The SMILES string of the molecule is COC(=O)c1ccc([C@H](C)N2CCN(c3ccc(OC)cc3)CC2)o1. The van der Waals surface area contributed by atoms with Gasteiger partial charge in [0.25, 0.3) is 0 Å². The molecule has 1 saturated heterocycles. The fourth-order valence-corrected chi connectivity index (χ4v) is 3.13. The third-order valence-electron chi connectivity index (χ3n) is 4.72. The van der Waals surface area contributed by atoms with Gasteiger partial charge in [-0.15, -0.1) is 0 Å². The first-order valence-electron chi connectivity index (χ1n) is 8.43. The third kappa shape index (κ3) is 3.79. The summed E-state index contributed by atoms with van der Waals surface area (Å²) in [6, 6.07) is 11.8. The first-order valence-corrected chi connectivity index (χ1v) is 8.43. The van der Waals surface area contributed by atoms with Gasteiger partial charge in [0.05, 0.1) is 20.3 Å². The lowest BCUT2D eigenvalue weighted by Gasteiger charge is -2.38. The molecule has 0 aliphatic carbocycles. The molecule has 0 radical (unpaired) electrons. The molecule has 1 fully saturated rings. The summed E-state index contributed by atoms with van der Waals surface area (Å²) in [6.45, 7) is 5.86. The predicted molar refractivity (Wildman–Crippen MR) is 95.2 cm³/mol. The van der Waals surface area contributed by atoms with Gasteiger partial charge in [-0.25, -0.2) is 4.79 Å². The summed E-state index contributed by atoms with van der Waals surface area (Å²) in [7, 11) is 3.03. The van der Waals surface area contributed by atoms with Gasteiger partial charge in [0.2, 0.25) is 5.76 Å². The Balaban J connectivity index is 1.59. The summed E-state index contributed by atoms with van der Waals surface area (Å²) in [4.78, 5) is 16.3. The lowest BCUT2D eigenvalue weighted by molar-refractivity contribution is 0.0558. The largest absolute Gasteiger partial charge is 0.497 e. The zero-order valence-electron chi connectivity index (χ0n) is 14.9. The van der Waals surface area contributed by atoms with Gasteiger partial charge >= 0.3 is 5.97 Å². The van der Waals surface area contributed by atoms with E-state index in [2.05, 4.69) is 28.9 Å². The van der Waals surface area contributed by atoms with Gasteiger partial charge in [-0.05, 0) is 43.3 Å². The Morgan fingerprint density at radius 1 is 1.04 bits per heavy atom. The summed E-state index contributed by atoms with van der Waals surface area (Å²) < 4.78 is 15.5. The number of benzene rings is 1. The number of hydrogen-bond donors (Lipinski definition) is 0. The molecule has 134 valence electrons. The monoisotopic (exact) mass is 344 g/mol. The third-order valence-corrected chi connectivity index (χ3v) is 4.72. The second-order valence-electron chi connectivity index (χ2n) is 6.09. The normalized spacial score (nSPS) is 16.5. The van der Waals surface area contributed by atoms with Crippen molar-refractivity contribution in [3.8, 4) is 5.75 Å². The molecular weight excluding hydrogens is 320 g/mol. The van der Waals surface area contributed by atoms with Gasteiger partial charge in [-0.1, -0.05) is 0 Å². The molecule has 6 heteroatoms. The quantitative estimate of drug-likeness (QED) is 0.778. The van der Waals surface area contributed by atoms with Gasteiger partial charge in [-0.2, -0.15) is 0 Å². The molecule has 6 nitrogen and oxygen atoms in total. The molecule has 1 aliphatic rings. The van der Waals surface area contributed by atoms with Crippen molar-refractivity contribution in [3.63, 3.8) is 0 Å². The number of carbonyl (C=O) groups excluding carboxylic acids is 1. The zero-order chi connectivity index (χ0) is 17.8. The van der Waals surface area contributed by atoms with E-state index in [-0.39, 0.29) is 11.8 Å². The maximum absolute atomic E-state index is 11.5. The summed E-state index contributed by atoms with van der Waals surface area (Å²) in [5, 5.41) is 0. The Kier molecular flexibility index (Phi) is 5.28. The highest BCUT2D eigenvalue weighted by atomic mass is 16.5. The van der Waals surface area contributed by atoms with Gasteiger partial charge in [-0.3, -0.25) is 4.90 Å². The van der Waals surface area contributed by atoms with Crippen molar-refractivity contribution in [2.45, 2.75) is 13.0 Å². The molecule has 2 heterocycles. The number of furan rings is 1. The highest BCUT2D eigenvalue weighted by Crippen LogP contribution is 2.26. The first-order chi connectivity index (χ1) is 12.1. The standard InChI is InChI=1S/C19H24N2O4/c1-14(17-8-9-18(25-17)19(22)24-3)20-10-12-21(13-11-20)15-4-6-16(23-2)7-5-15/h4-9,14H,10-13H2,1-3H3/t14-/m0/s1. The highest BCUT2D eigenvalue weighted by Gasteiger charge is 2.25. The first kappa shape index (κ1) is 17.4. The molecule has 2 aromatic rings. The van der Waals surface area contributed by atoms with E-state index in [0.29, 0.717) is 0 Å². The molecule has 0 amide bonds. The van der Waals surface area contributed by atoms with Gasteiger partial charge in [0.15, 0.2) is 0 Å². The second-order valence-corrected chi connectivity index (χ2v) is 6.09. The Hall–Kier alpha value is -2.47. The molecular formula is C19H24N2O4. The van der Waals surface area contributed by atoms with Crippen molar-refractivity contribution in [2.75, 3.05) is 45.3 Å². The van der Waals surface area contributed by atoms with Crippen LogP contribution in [0.25, 0.3) is 0 Å². The molecule has 1 atom stereocenters. The van der Waals surface area contributed by atoms with E-state index in [1.54, 1.807) is 13.2 Å². The predicted octanol–water partition coefficient (Wildman–Crippen LogP) is 2.96. The second kappa shape index (κ2) is 7.61. The average Bonchev–Trinajstić information content (AvgIpc) is 3.17. The average molecular weight is 344 g/mol. The molecule has 1 aromatic carbocycles. The number of carbonyl (C=O) groups is 1. The number of rotatable bonds is 5. The summed E-state index contributed by atoms with van der Waals surface area (Å²) in [6.07, 6.45) is 0. The van der Waals surface area contributed by atoms with Crippen LogP contribution < -0.4 is 9.64 Å². The van der Waals surface area contributed by atoms with Crippen LogP contribution in [0.15, 0.2) is 40.8 Å². The molecule has 0 saturated carbocycles. The van der Waals surface area contributed by atoms with Gasteiger partial charge in [0.1, 0.15) is 11.5 Å². The van der Waals surface area contributed by atoms with Crippen molar-refractivity contribution < 1.29 is 18.7 Å². The minimum absolute atomic E-state index is 0.122. The van der Waals surface area contributed by atoms with Crippen LogP contribution >= 0.6 is 0 Å². The van der Waals surface area contributed by atoms with Crippen LogP contribution in [-0.4, -0.2) is 51.3 Å². The number of ether oxygens (including phenoxy) is 2. The fourth-order valence-electron chi connectivity index (χ4n) is 3.13. The molecule has 0 unspecified atom stereocenters. The molecule has 25 heavy (non-hydrogen) atoms. The van der Waals surface area contributed by atoms with E-state index in [9.17, 15) is 4.79 Å². The van der Waals surface area contributed by atoms with Crippen molar-refractivity contribution >= 4 is 11.7 Å². The summed E-state index contributed by atoms with van der Waals surface area (Å²) in [5.74, 6) is 1.47. The van der Waals surface area contributed by atoms with Crippen LogP contribution in [0.5, 0.6) is 5.75 Å². The number of esters is 1. The minimum atomic E-state index is -0.442. The number of piperazine rings is 1. The van der Waals surface area contributed by atoms with Gasteiger partial charge < -0.3 is 18.8 Å². The number of anilines is 1. The van der Waals surface area contributed by atoms with E-state index in [4.69, 9.17) is 13.9 Å². The maximum atomic E-state index is 11.5. The summed E-state index contributed by atoms with van der Waals surface area (Å²) >= 11 is 0. The maximum Gasteiger partial charge on any atom is 0.373 e. The van der Waals surface area contributed by atoms with Crippen molar-refractivity contribution in [1.29, 1.82) is 0 Å². The summed E-state index contributed by atoms with van der Waals surface area (Å²) in [5.41, 5.74) is 1.21. The number of methoxy groups -OCH3 is 2. The minimum Gasteiger partial charge on any atom is -0.497 e. The Bertz CT molecular complexity index is 702. The van der Waals surface area contributed by atoms with Gasteiger partial charge in [0, 0.05) is 31.9 Å². The molecule has 1 aromatic heterocycles. The highest BCUT2D eigenvalue weighted by molar-refractivity contribution is 5.86. The van der Waals surface area contributed by atoms with E-state index >= 15 is 0 Å². The molecule has 0 N–H and O–H groups in total. The van der Waals surface area contributed by atoms with Crippen LogP contribution in [-0.2, 0) is 4.74 Å². The smallest absolute Gasteiger partial charge is 0.373 e. The van der Waals surface area contributed by atoms with E-state index in [1.165, 1.54) is 12.8 Å². The van der Waals surface area contributed by atoms with E-state index in [0.717, 1.165) is 37.7 Å². The lowest BCUT2D eigenvalue weighted by Crippen LogP contribution is -2.47. The van der Waals surface area contributed by atoms with Crippen molar-refractivity contribution in [3.05, 3.63) is 47.9 Å². The van der Waals surface area contributed by atoms with Crippen LogP contribution in [0.3, 0.4) is 0 Å². The Labute approximate surface area is 147 Å². The topological polar surface area (TPSA) is 55.2 Å². The molecule has 1 aliphatic heterocycles. The Morgan fingerprint density at radius 3 is 2.32 bits per heavy atom. The van der Waals surface area contributed by atoms with Crippen molar-refractivity contribution in [2.24, 2.45) is 0 Å². The van der Waals surface area contributed by atoms with E-state index < -0.39 is 5.97 Å². The molecule has 3 rings (SSSR count). The number of hydrogen-bond acceptors (Lipinski definition) is 6. The van der Waals surface area contributed by atoms with Crippen LogP contribution in [0.1, 0.15) is 29.3 Å². The molecule has 0 spiro atoms. The fraction of sp³-hybridized carbons (Fsp3) is 0.421. The Morgan fingerprint density at radius 2 is 1.72 bits per heavy atom. The lowest BCUT2D eigenvalue weighted by atomic mass is 10.1. The number of nitrogens with zero attached hydrogens (tertiary/aromatic N) is 2. The van der Waals surface area contributed by atoms with Crippen LogP contribution in [0.2, 0.25) is 0 Å². The molecule has 0 bridgehead atoms.